The minimum Gasteiger partial charge on any atom is -0.338 e. The molecule has 1 aliphatic rings. The lowest BCUT2D eigenvalue weighted by molar-refractivity contribution is -0.134. The third-order valence-electron chi connectivity index (χ3n) is 3.82. The van der Waals surface area contributed by atoms with E-state index in [1.165, 1.54) is 0 Å². The predicted molar refractivity (Wildman–Crippen MR) is 81.8 cm³/mol. The van der Waals surface area contributed by atoms with Crippen molar-refractivity contribution in [3.8, 4) is 0 Å². The molecule has 5 nitrogen and oxygen atoms in total. The molecule has 5 heteroatoms. The Labute approximate surface area is 125 Å². The number of nitrogens with zero attached hydrogens (tertiary/aromatic N) is 2. The van der Waals surface area contributed by atoms with Crippen LogP contribution in [0.5, 0.6) is 0 Å². The highest BCUT2D eigenvalue weighted by Crippen LogP contribution is 2.10. The summed E-state index contributed by atoms with van der Waals surface area (Å²) >= 11 is 0. The first-order chi connectivity index (χ1) is 10.1. The van der Waals surface area contributed by atoms with Gasteiger partial charge in [-0.25, -0.2) is 0 Å². The standard InChI is InChI=1S/C16H23N3O2/c1-2-6-14(17)16(21)19-11-9-18(10-12-19)15(20)13-7-4-3-5-8-13/h3-5,7-8,14H,2,6,9-12,17H2,1H3/t14-/m0/s1. The fourth-order valence-electron chi connectivity index (χ4n) is 2.56. The van der Waals surface area contributed by atoms with E-state index in [2.05, 4.69) is 0 Å². The molecular formula is C16H23N3O2. The van der Waals surface area contributed by atoms with Crippen LogP contribution in [0.4, 0.5) is 0 Å². The Morgan fingerprint density at radius 2 is 1.67 bits per heavy atom. The largest absolute Gasteiger partial charge is 0.338 e. The number of nitrogens with two attached hydrogens (primary N) is 1. The monoisotopic (exact) mass is 289 g/mol. The molecule has 0 aliphatic carbocycles. The molecule has 0 aromatic heterocycles. The quantitative estimate of drug-likeness (QED) is 0.902. The van der Waals surface area contributed by atoms with Gasteiger partial charge in [-0.2, -0.15) is 0 Å². The summed E-state index contributed by atoms with van der Waals surface area (Å²) in [5, 5.41) is 0. The second kappa shape index (κ2) is 7.22. The zero-order valence-corrected chi connectivity index (χ0v) is 12.5. The van der Waals surface area contributed by atoms with Gasteiger partial charge in [0.2, 0.25) is 5.91 Å². The topological polar surface area (TPSA) is 66.6 Å². The van der Waals surface area contributed by atoms with E-state index >= 15 is 0 Å². The summed E-state index contributed by atoms with van der Waals surface area (Å²) in [6.07, 6.45) is 1.61. The lowest BCUT2D eigenvalue weighted by Crippen LogP contribution is -2.54. The van der Waals surface area contributed by atoms with Crippen molar-refractivity contribution in [1.82, 2.24) is 9.80 Å². The van der Waals surface area contributed by atoms with Gasteiger partial charge >= 0.3 is 0 Å². The maximum atomic E-state index is 12.3. The first-order valence-electron chi connectivity index (χ1n) is 7.52. The van der Waals surface area contributed by atoms with E-state index in [0.717, 1.165) is 6.42 Å². The average molecular weight is 289 g/mol. The highest BCUT2D eigenvalue weighted by atomic mass is 16.2. The van der Waals surface area contributed by atoms with Crippen molar-refractivity contribution >= 4 is 11.8 Å². The Morgan fingerprint density at radius 3 is 2.24 bits per heavy atom. The van der Waals surface area contributed by atoms with E-state index in [9.17, 15) is 9.59 Å². The average Bonchev–Trinajstić information content (AvgIpc) is 2.54. The molecule has 114 valence electrons. The normalized spacial score (nSPS) is 16.7. The molecule has 2 amide bonds. The van der Waals surface area contributed by atoms with Crippen LogP contribution in [0.25, 0.3) is 0 Å². The molecular weight excluding hydrogens is 266 g/mol. The molecule has 0 saturated carbocycles. The Balaban J connectivity index is 1.89. The molecule has 1 fully saturated rings. The summed E-state index contributed by atoms with van der Waals surface area (Å²) in [6, 6.07) is 8.83. The van der Waals surface area contributed by atoms with Crippen molar-refractivity contribution in [2.24, 2.45) is 5.73 Å². The van der Waals surface area contributed by atoms with Crippen LogP contribution < -0.4 is 5.73 Å². The zero-order valence-electron chi connectivity index (χ0n) is 12.5. The van der Waals surface area contributed by atoms with Gasteiger partial charge in [-0.05, 0) is 18.6 Å². The number of rotatable bonds is 4. The van der Waals surface area contributed by atoms with Crippen LogP contribution in [0.15, 0.2) is 30.3 Å². The van der Waals surface area contributed by atoms with Crippen molar-refractivity contribution in [1.29, 1.82) is 0 Å². The van der Waals surface area contributed by atoms with Gasteiger partial charge < -0.3 is 15.5 Å². The van der Waals surface area contributed by atoms with E-state index < -0.39 is 6.04 Å². The van der Waals surface area contributed by atoms with Crippen LogP contribution >= 0.6 is 0 Å². The smallest absolute Gasteiger partial charge is 0.253 e. The first kappa shape index (κ1) is 15.5. The molecule has 1 aromatic carbocycles. The summed E-state index contributed by atoms with van der Waals surface area (Å²) in [7, 11) is 0. The molecule has 1 atom stereocenters. The van der Waals surface area contributed by atoms with Crippen LogP contribution in [0.1, 0.15) is 30.1 Å². The lowest BCUT2D eigenvalue weighted by atomic mass is 10.1. The number of carbonyl (C=O) groups is 2. The van der Waals surface area contributed by atoms with Gasteiger partial charge in [-0.1, -0.05) is 31.5 Å². The predicted octanol–water partition coefficient (Wildman–Crippen LogP) is 1.10. The minimum atomic E-state index is -0.411. The van der Waals surface area contributed by atoms with Crippen LogP contribution in [-0.4, -0.2) is 53.8 Å². The molecule has 2 rings (SSSR count). The molecule has 0 bridgehead atoms. The van der Waals surface area contributed by atoms with Crippen molar-refractivity contribution in [2.45, 2.75) is 25.8 Å². The molecule has 1 saturated heterocycles. The van der Waals surface area contributed by atoms with Crippen LogP contribution in [0, 0.1) is 0 Å². The van der Waals surface area contributed by atoms with Gasteiger partial charge in [0.1, 0.15) is 0 Å². The number of hydrogen-bond donors (Lipinski definition) is 1. The van der Waals surface area contributed by atoms with Crippen LogP contribution in [0.2, 0.25) is 0 Å². The number of amides is 2. The Bertz CT molecular complexity index is 482. The molecule has 1 aliphatic heterocycles. The number of hydrogen-bond acceptors (Lipinski definition) is 3. The minimum absolute atomic E-state index is 0.00339. The first-order valence-corrected chi connectivity index (χ1v) is 7.52. The zero-order chi connectivity index (χ0) is 15.2. The molecule has 21 heavy (non-hydrogen) atoms. The summed E-state index contributed by atoms with van der Waals surface area (Å²) in [4.78, 5) is 28.0. The van der Waals surface area contributed by atoms with Gasteiger partial charge in [0.15, 0.2) is 0 Å². The SMILES string of the molecule is CCC[C@H](N)C(=O)N1CCN(C(=O)c2ccccc2)CC1. The van der Waals surface area contributed by atoms with Crippen molar-refractivity contribution in [2.75, 3.05) is 26.2 Å². The van der Waals surface area contributed by atoms with Crippen molar-refractivity contribution in [3.63, 3.8) is 0 Å². The van der Waals surface area contributed by atoms with Gasteiger partial charge in [0, 0.05) is 31.7 Å². The number of carbonyl (C=O) groups excluding carboxylic acids is 2. The van der Waals surface area contributed by atoms with E-state index in [4.69, 9.17) is 5.73 Å². The summed E-state index contributed by atoms with van der Waals surface area (Å²) in [5.41, 5.74) is 6.57. The van der Waals surface area contributed by atoms with Gasteiger partial charge in [-0.15, -0.1) is 0 Å². The highest BCUT2D eigenvalue weighted by Gasteiger charge is 2.27. The van der Waals surface area contributed by atoms with E-state index in [1.807, 2.05) is 37.3 Å². The Kier molecular flexibility index (Phi) is 5.33. The summed E-state index contributed by atoms with van der Waals surface area (Å²) in [6.45, 7) is 4.28. The molecule has 0 unspecified atom stereocenters. The van der Waals surface area contributed by atoms with Gasteiger partial charge in [0.05, 0.1) is 6.04 Å². The highest BCUT2D eigenvalue weighted by molar-refractivity contribution is 5.94. The third kappa shape index (κ3) is 3.82. The molecule has 0 radical (unpaired) electrons. The lowest BCUT2D eigenvalue weighted by Gasteiger charge is -2.36. The molecule has 2 N–H and O–H groups in total. The molecule has 1 aromatic rings. The summed E-state index contributed by atoms with van der Waals surface area (Å²) < 4.78 is 0. The van der Waals surface area contributed by atoms with Crippen LogP contribution in [-0.2, 0) is 4.79 Å². The van der Waals surface area contributed by atoms with Crippen molar-refractivity contribution in [3.05, 3.63) is 35.9 Å². The van der Waals surface area contributed by atoms with Crippen molar-refractivity contribution < 1.29 is 9.59 Å². The second-order valence-electron chi connectivity index (χ2n) is 5.38. The Morgan fingerprint density at radius 1 is 1.10 bits per heavy atom. The number of benzene rings is 1. The fraction of sp³-hybridized carbons (Fsp3) is 0.500. The maximum absolute atomic E-state index is 12.3. The number of piperazine rings is 1. The van der Waals surface area contributed by atoms with E-state index in [1.54, 1.807) is 9.80 Å². The maximum Gasteiger partial charge on any atom is 0.253 e. The molecule has 0 spiro atoms. The van der Waals surface area contributed by atoms with E-state index in [0.29, 0.717) is 38.2 Å². The molecule has 1 heterocycles. The summed E-state index contributed by atoms with van der Waals surface area (Å²) in [5.74, 6) is 0.0317. The third-order valence-corrected chi connectivity index (χ3v) is 3.82. The second-order valence-corrected chi connectivity index (χ2v) is 5.38. The fourth-order valence-corrected chi connectivity index (χ4v) is 2.56. The van der Waals surface area contributed by atoms with Crippen LogP contribution in [0.3, 0.4) is 0 Å². The van der Waals surface area contributed by atoms with Gasteiger partial charge in [-0.3, -0.25) is 9.59 Å². The van der Waals surface area contributed by atoms with E-state index in [-0.39, 0.29) is 11.8 Å². The van der Waals surface area contributed by atoms with Gasteiger partial charge in [0.25, 0.3) is 5.91 Å². The Hall–Kier alpha value is -1.88.